The minimum absolute atomic E-state index is 0.115. The largest absolute Gasteiger partial charge is 0.497 e. The van der Waals surface area contributed by atoms with Gasteiger partial charge in [-0.3, -0.25) is 9.78 Å². The molecule has 5 nitrogen and oxygen atoms in total. The quantitative estimate of drug-likeness (QED) is 0.652. The molecule has 1 heterocycles. The maximum absolute atomic E-state index is 12.5. The van der Waals surface area contributed by atoms with Gasteiger partial charge in [-0.05, 0) is 35.7 Å². The lowest BCUT2D eigenvalue weighted by molar-refractivity contribution is 0.0954. The van der Waals surface area contributed by atoms with Crippen molar-refractivity contribution in [2.24, 2.45) is 0 Å². The highest BCUT2D eigenvalue weighted by Crippen LogP contribution is 2.16. The van der Waals surface area contributed by atoms with Crippen LogP contribution in [-0.2, 0) is 13.0 Å². The number of rotatable bonds is 8. The molecule has 3 rings (SSSR count). The van der Waals surface area contributed by atoms with Crippen LogP contribution in [0.3, 0.4) is 0 Å². The van der Waals surface area contributed by atoms with Crippen molar-refractivity contribution in [3.8, 4) is 5.75 Å². The molecule has 1 amide bonds. The Bertz CT molecular complexity index is 895. The molecule has 0 aliphatic heterocycles. The van der Waals surface area contributed by atoms with Crippen LogP contribution in [0.4, 0.5) is 5.69 Å². The average Bonchev–Trinajstić information content (AvgIpc) is 2.75. The molecule has 0 unspecified atom stereocenters. The molecule has 0 radical (unpaired) electrons. The van der Waals surface area contributed by atoms with Crippen molar-refractivity contribution < 1.29 is 9.53 Å². The summed E-state index contributed by atoms with van der Waals surface area (Å²) in [4.78, 5) is 18.8. The fourth-order valence-corrected chi connectivity index (χ4v) is 2.92. The second-order valence-electron chi connectivity index (χ2n) is 6.63. The van der Waals surface area contributed by atoms with Gasteiger partial charge in [0.2, 0.25) is 0 Å². The summed E-state index contributed by atoms with van der Waals surface area (Å²) >= 11 is 0. The van der Waals surface area contributed by atoms with E-state index in [1.807, 2.05) is 55.6 Å². The van der Waals surface area contributed by atoms with Crippen molar-refractivity contribution in [1.82, 2.24) is 10.3 Å². The van der Waals surface area contributed by atoms with Crippen molar-refractivity contribution >= 4 is 11.6 Å². The number of amides is 1. The number of carbonyl (C=O) groups is 1. The normalized spacial score (nSPS) is 10.4. The highest BCUT2D eigenvalue weighted by molar-refractivity contribution is 5.94. The Hall–Kier alpha value is -3.34. The van der Waals surface area contributed by atoms with Gasteiger partial charge in [-0.25, -0.2) is 0 Å². The predicted octanol–water partition coefficient (Wildman–Crippen LogP) is 3.70. The molecule has 0 fully saturated rings. The third-order valence-electron chi connectivity index (χ3n) is 4.55. The molecule has 1 aromatic heterocycles. The van der Waals surface area contributed by atoms with Gasteiger partial charge >= 0.3 is 0 Å². The van der Waals surface area contributed by atoms with E-state index in [-0.39, 0.29) is 5.91 Å². The van der Waals surface area contributed by atoms with E-state index in [4.69, 9.17) is 4.74 Å². The van der Waals surface area contributed by atoms with Gasteiger partial charge in [-0.1, -0.05) is 42.5 Å². The van der Waals surface area contributed by atoms with E-state index >= 15 is 0 Å². The van der Waals surface area contributed by atoms with Gasteiger partial charge < -0.3 is 15.0 Å². The number of carbonyl (C=O) groups excluding carboxylic acids is 1. The molecule has 2 aromatic carbocycles. The summed E-state index contributed by atoms with van der Waals surface area (Å²) in [5.74, 6) is 0.714. The Kier molecular flexibility index (Phi) is 6.63. The van der Waals surface area contributed by atoms with Gasteiger partial charge in [0.05, 0.1) is 24.6 Å². The van der Waals surface area contributed by atoms with E-state index < -0.39 is 0 Å². The summed E-state index contributed by atoms with van der Waals surface area (Å²) in [7, 11) is 3.64. The number of hydrogen-bond donors (Lipinski definition) is 1. The van der Waals surface area contributed by atoms with E-state index in [1.165, 1.54) is 5.56 Å². The van der Waals surface area contributed by atoms with Crippen LogP contribution in [0.2, 0.25) is 0 Å². The predicted molar refractivity (Wildman–Crippen MR) is 112 cm³/mol. The van der Waals surface area contributed by atoms with Crippen molar-refractivity contribution in [3.63, 3.8) is 0 Å². The fraction of sp³-hybridized carbons (Fsp3) is 0.217. The molecule has 0 saturated carbocycles. The Morgan fingerprint density at radius 2 is 1.79 bits per heavy atom. The first-order valence-electron chi connectivity index (χ1n) is 9.27. The molecule has 144 valence electrons. The van der Waals surface area contributed by atoms with E-state index in [2.05, 4.69) is 27.3 Å². The monoisotopic (exact) mass is 375 g/mol. The number of nitrogens with zero attached hydrogens (tertiary/aromatic N) is 2. The Balaban J connectivity index is 1.55. The van der Waals surface area contributed by atoms with Crippen LogP contribution in [-0.4, -0.2) is 31.6 Å². The van der Waals surface area contributed by atoms with Crippen molar-refractivity contribution in [2.75, 3.05) is 25.6 Å². The van der Waals surface area contributed by atoms with Gasteiger partial charge in [-0.15, -0.1) is 0 Å². The molecule has 0 aliphatic carbocycles. The highest BCUT2D eigenvalue weighted by Gasteiger charge is 2.09. The summed E-state index contributed by atoms with van der Waals surface area (Å²) in [6, 6.07) is 19.9. The Labute approximate surface area is 166 Å². The third kappa shape index (κ3) is 5.33. The molecule has 0 saturated heterocycles. The number of ether oxygens (including phenoxy) is 1. The lowest BCUT2D eigenvalue weighted by Gasteiger charge is -2.19. The zero-order valence-electron chi connectivity index (χ0n) is 16.3. The van der Waals surface area contributed by atoms with Crippen LogP contribution in [0, 0.1) is 0 Å². The maximum Gasteiger partial charge on any atom is 0.252 e. The summed E-state index contributed by atoms with van der Waals surface area (Å²) in [5.41, 5.74) is 3.83. The van der Waals surface area contributed by atoms with Crippen LogP contribution < -0.4 is 15.0 Å². The van der Waals surface area contributed by atoms with Crippen LogP contribution in [0.5, 0.6) is 5.75 Å². The van der Waals surface area contributed by atoms with E-state index in [0.29, 0.717) is 12.1 Å². The van der Waals surface area contributed by atoms with Gasteiger partial charge in [0.15, 0.2) is 0 Å². The van der Waals surface area contributed by atoms with Gasteiger partial charge in [0.1, 0.15) is 5.75 Å². The van der Waals surface area contributed by atoms with Crippen LogP contribution in [0.15, 0.2) is 73.1 Å². The molecule has 28 heavy (non-hydrogen) atoms. The molecule has 3 aromatic rings. The van der Waals surface area contributed by atoms with E-state index in [1.54, 1.807) is 19.5 Å². The zero-order chi connectivity index (χ0) is 19.8. The van der Waals surface area contributed by atoms with Crippen molar-refractivity contribution in [1.29, 1.82) is 0 Å². The molecular formula is C23H25N3O2. The lowest BCUT2D eigenvalue weighted by Crippen LogP contribution is -2.26. The molecule has 0 aliphatic rings. The lowest BCUT2D eigenvalue weighted by atomic mass is 10.1. The summed E-state index contributed by atoms with van der Waals surface area (Å²) in [6.45, 7) is 1.32. The standard InChI is InChI=1S/C23H25N3O2/c1-26(17-19-6-4-3-5-7-19)21-14-20(15-24-16-21)23(27)25-13-12-18-8-10-22(28-2)11-9-18/h3-11,14-16H,12-13,17H2,1-2H3,(H,25,27). The minimum Gasteiger partial charge on any atom is -0.497 e. The van der Waals surface area contributed by atoms with Gasteiger partial charge in [0, 0.05) is 26.3 Å². The first-order valence-corrected chi connectivity index (χ1v) is 9.27. The average molecular weight is 375 g/mol. The molecule has 0 bridgehead atoms. The molecule has 0 spiro atoms. The second-order valence-corrected chi connectivity index (χ2v) is 6.63. The Morgan fingerprint density at radius 1 is 1.04 bits per heavy atom. The minimum atomic E-state index is -0.115. The van der Waals surface area contributed by atoms with Crippen LogP contribution in [0.25, 0.3) is 0 Å². The fourth-order valence-electron chi connectivity index (χ4n) is 2.92. The number of anilines is 1. The number of nitrogens with one attached hydrogen (secondary N) is 1. The maximum atomic E-state index is 12.5. The summed E-state index contributed by atoms with van der Waals surface area (Å²) in [5, 5.41) is 2.96. The van der Waals surface area contributed by atoms with E-state index in [0.717, 1.165) is 30.0 Å². The Morgan fingerprint density at radius 3 is 2.50 bits per heavy atom. The molecule has 1 N–H and O–H groups in total. The molecular weight excluding hydrogens is 350 g/mol. The smallest absolute Gasteiger partial charge is 0.252 e. The summed E-state index contributed by atoms with van der Waals surface area (Å²) in [6.07, 6.45) is 4.14. The van der Waals surface area contributed by atoms with Crippen LogP contribution in [0.1, 0.15) is 21.5 Å². The van der Waals surface area contributed by atoms with Crippen molar-refractivity contribution in [2.45, 2.75) is 13.0 Å². The van der Waals surface area contributed by atoms with Crippen molar-refractivity contribution in [3.05, 3.63) is 89.7 Å². The topological polar surface area (TPSA) is 54.5 Å². The zero-order valence-corrected chi connectivity index (χ0v) is 16.3. The number of aromatic nitrogens is 1. The number of benzene rings is 2. The molecule has 5 heteroatoms. The highest BCUT2D eigenvalue weighted by atomic mass is 16.5. The van der Waals surface area contributed by atoms with Crippen LogP contribution >= 0.6 is 0 Å². The molecule has 0 atom stereocenters. The third-order valence-corrected chi connectivity index (χ3v) is 4.55. The number of methoxy groups -OCH3 is 1. The first-order chi connectivity index (χ1) is 13.7. The summed E-state index contributed by atoms with van der Waals surface area (Å²) < 4.78 is 5.16. The SMILES string of the molecule is COc1ccc(CCNC(=O)c2cncc(N(C)Cc3ccccc3)c2)cc1. The van der Waals surface area contributed by atoms with Gasteiger partial charge in [-0.2, -0.15) is 0 Å². The number of hydrogen-bond acceptors (Lipinski definition) is 4. The van der Waals surface area contributed by atoms with Gasteiger partial charge in [0.25, 0.3) is 5.91 Å². The first kappa shape index (κ1) is 19.4. The van der Waals surface area contributed by atoms with E-state index in [9.17, 15) is 4.79 Å². The number of pyridine rings is 1. The second kappa shape index (κ2) is 9.55.